The zero-order valence-electron chi connectivity index (χ0n) is 8.59. The summed E-state index contributed by atoms with van der Waals surface area (Å²) >= 11 is 0. The van der Waals surface area contributed by atoms with Crippen molar-refractivity contribution in [3.63, 3.8) is 0 Å². The van der Waals surface area contributed by atoms with Crippen molar-refractivity contribution in [2.24, 2.45) is 0 Å². The van der Waals surface area contributed by atoms with E-state index in [9.17, 15) is 0 Å². The van der Waals surface area contributed by atoms with Gasteiger partial charge in [-0.05, 0) is 37.1 Å². The number of pyridine rings is 1. The van der Waals surface area contributed by atoms with E-state index in [1.807, 2.05) is 13.2 Å². The van der Waals surface area contributed by atoms with Crippen LogP contribution in [0.5, 0.6) is 0 Å². The summed E-state index contributed by atoms with van der Waals surface area (Å²) < 4.78 is 0. The van der Waals surface area contributed by atoms with E-state index in [1.165, 1.54) is 24.8 Å². The molecule has 1 aromatic rings. The molecule has 1 aliphatic rings. The third kappa shape index (κ3) is 2.04. The van der Waals surface area contributed by atoms with Crippen molar-refractivity contribution in [2.45, 2.75) is 25.3 Å². The molecule has 14 heavy (non-hydrogen) atoms. The van der Waals surface area contributed by atoms with Crippen LogP contribution in [0.1, 0.15) is 30.9 Å². The first-order valence-corrected chi connectivity index (χ1v) is 5.27. The molecule has 1 unspecified atom stereocenters. The second-order valence-electron chi connectivity index (χ2n) is 3.73. The van der Waals surface area contributed by atoms with Gasteiger partial charge in [0.05, 0.1) is 0 Å². The van der Waals surface area contributed by atoms with Crippen molar-refractivity contribution < 1.29 is 0 Å². The largest absolute Gasteiger partial charge is 0.373 e. The first kappa shape index (κ1) is 9.46. The lowest BCUT2D eigenvalue weighted by molar-refractivity contribution is 0.412. The van der Waals surface area contributed by atoms with Crippen LogP contribution in [0, 0.1) is 0 Å². The average Bonchev–Trinajstić information content (AvgIpc) is 2.30. The monoisotopic (exact) mass is 191 g/mol. The minimum Gasteiger partial charge on any atom is -0.373 e. The number of hydrogen-bond acceptors (Lipinski definition) is 3. The summed E-state index contributed by atoms with van der Waals surface area (Å²) in [7, 11) is 1.90. The molecular formula is C11H17N3. The second-order valence-corrected chi connectivity index (χ2v) is 3.73. The molecule has 0 amide bonds. The predicted molar refractivity (Wildman–Crippen MR) is 58.4 cm³/mol. The molecule has 1 saturated heterocycles. The highest BCUT2D eigenvalue weighted by molar-refractivity contribution is 5.37. The number of nitrogens with zero attached hydrogens (tertiary/aromatic N) is 1. The molecule has 2 heterocycles. The van der Waals surface area contributed by atoms with E-state index in [0.29, 0.717) is 6.04 Å². The summed E-state index contributed by atoms with van der Waals surface area (Å²) in [5.74, 6) is 0.954. The topological polar surface area (TPSA) is 37.0 Å². The van der Waals surface area contributed by atoms with Crippen molar-refractivity contribution >= 4 is 5.82 Å². The highest BCUT2D eigenvalue weighted by Gasteiger charge is 2.14. The molecule has 0 bridgehead atoms. The van der Waals surface area contributed by atoms with Crippen LogP contribution in [0.15, 0.2) is 18.3 Å². The van der Waals surface area contributed by atoms with E-state index in [-0.39, 0.29) is 0 Å². The number of rotatable bonds is 2. The first-order valence-electron chi connectivity index (χ1n) is 5.27. The fourth-order valence-electron chi connectivity index (χ4n) is 1.94. The van der Waals surface area contributed by atoms with Crippen LogP contribution in [0.2, 0.25) is 0 Å². The summed E-state index contributed by atoms with van der Waals surface area (Å²) in [6.07, 6.45) is 5.75. The van der Waals surface area contributed by atoms with Gasteiger partial charge in [0.25, 0.3) is 0 Å². The zero-order chi connectivity index (χ0) is 9.80. The lowest BCUT2D eigenvalue weighted by atomic mass is 9.98. The fraction of sp³-hybridized carbons (Fsp3) is 0.545. The van der Waals surface area contributed by atoms with Crippen LogP contribution in [-0.4, -0.2) is 18.6 Å². The molecule has 0 radical (unpaired) electrons. The van der Waals surface area contributed by atoms with E-state index in [2.05, 4.69) is 27.8 Å². The Bertz CT molecular complexity index is 292. The number of aromatic nitrogens is 1. The van der Waals surface area contributed by atoms with Crippen molar-refractivity contribution in [1.82, 2.24) is 10.3 Å². The van der Waals surface area contributed by atoms with Crippen molar-refractivity contribution in [1.29, 1.82) is 0 Å². The molecule has 0 aliphatic carbocycles. The maximum Gasteiger partial charge on any atom is 0.125 e. The molecule has 76 valence electrons. The Kier molecular flexibility index (Phi) is 2.99. The van der Waals surface area contributed by atoms with Gasteiger partial charge < -0.3 is 10.6 Å². The van der Waals surface area contributed by atoms with Gasteiger partial charge in [-0.3, -0.25) is 0 Å². The normalized spacial score (nSPS) is 21.9. The molecule has 3 nitrogen and oxygen atoms in total. The number of piperidine rings is 1. The lowest BCUT2D eigenvalue weighted by Gasteiger charge is -2.23. The molecular weight excluding hydrogens is 174 g/mol. The van der Waals surface area contributed by atoms with Gasteiger partial charge >= 0.3 is 0 Å². The van der Waals surface area contributed by atoms with Gasteiger partial charge in [-0.2, -0.15) is 0 Å². The summed E-state index contributed by atoms with van der Waals surface area (Å²) in [5.41, 5.74) is 1.35. The Hall–Kier alpha value is -1.09. The van der Waals surface area contributed by atoms with E-state index >= 15 is 0 Å². The van der Waals surface area contributed by atoms with Crippen LogP contribution < -0.4 is 10.6 Å². The zero-order valence-corrected chi connectivity index (χ0v) is 8.59. The van der Waals surface area contributed by atoms with Gasteiger partial charge in [-0.25, -0.2) is 4.98 Å². The van der Waals surface area contributed by atoms with Gasteiger partial charge in [0.1, 0.15) is 5.82 Å². The number of anilines is 1. The van der Waals surface area contributed by atoms with Crippen molar-refractivity contribution in [3.8, 4) is 0 Å². The van der Waals surface area contributed by atoms with Crippen LogP contribution in [0.3, 0.4) is 0 Å². The minimum atomic E-state index is 0.527. The van der Waals surface area contributed by atoms with Crippen molar-refractivity contribution in [3.05, 3.63) is 23.9 Å². The molecule has 1 aliphatic heterocycles. The predicted octanol–water partition coefficient (Wildman–Crippen LogP) is 1.94. The van der Waals surface area contributed by atoms with E-state index in [4.69, 9.17) is 0 Å². The van der Waals surface area contributed by atoms with Crippen molar-refractivity contribution in [2.75, 3.05) is 18.9 Å². The first-order chi connectivity index (χ1) is 6.90. The molecule has 0 aromatic carbocycles. The van der Waals surface area contributed by atoms with Crippen LogP contribution in [-0.2, 0) is 0 Å². The Morgan fingerprint density at radius 1 is 1.50 bits per heavy atom. The Balaban J connectivity index is 2.13. The van der Waals surface area contributed by atoms with Gasteiger partial charge in [0.15, 0.2) is 0 Å². The molecule has 1 fully saturated rings. The van der Waals surface area contributed by atoms with E-state index in [1.54, 1.807) is 0 Å². The third-order valence-electron chi connectivity index (χ3n) is 2.75. The molecule has 2 N–H and O–H groups in total. The molecule has 0 saturated carbocycles. The smallest absolute Gasteiger partial charge is 0.125 e. The Labute approximate surface area is 84.9 Å². The number of hydrogen-bond donors (Lipinski definition) is 2. The summed E-state index contributed by atoms with van der Waals surface area (Å²) in [6, 6.07) is 4.76. The van der Waals surface area contributed by atoms with Gasteiger partial charge in [0, 0.05) is 19.3 Å². The van der Waals surface area contributed by atoms with E-state index in [0.717, 1.165) is 12.4 Å². The third-order valence-corrected chi connectivity index (χ3v) is 2.75. The lowest BCUT2D eigenvalue weighted by Crippen LogP contribution is -2.26. The van der Waals surface area contributed by atoms with Crippen LogP contribution in [0.25, 0.3) is 0 Å². The second kappa shape index (κ2) is 4.42. The maximum atomic E-state index is 4.21. The number of nitrogens with one attached hydrogen (secondary N) is 2. The molecule has 0 spiro atoms. The minimum absolute atomic E-state index is 0.527. The molecule has 3 heteroatoms. The molecule has 2 rings (SSSR count). The average molecular weight is 191 g/mol. The molecule has 1 atom stereocenters. The highest BCUT2D eigenvalue weighted by Crippen LogP contribution is 2.23. The molecule has 1 aromatic heterocycles. The van der Waals surface area contributed by atoms with Gasteiger partial charge in [0.2, 0.25) is 0 Å². The summed E-state index contributed by atoms with van der Waals surface area (Å²) in [6.45, 7) is 1.14. The van der Waals surface area contributed by atoms with Crippen LogP contribution >= 0.6 is 0 Å². The summed E-state index contributed by atoms with van der Waals surface area (Å²) in [5, 5.41) is 6.60. The van der Waals surface area contributed by atoms with E-state index < -0.39 is 0 Å². The standard InChI is InChI=1S/C11H17N3/c1-12-11-8-9(5-7-14-11)10-4-2-3-6-13-10/h5,7-8,10,13H,2-4,6H2,1H3,(H,12,14). The SMILES string of the molecule is CNc1cc(C2CCCCN2)ccn1. The quantitative estimate of drug-likeness (QED) is 0.750. The fourth-order valence-corrected chi connectivity index (χ4v) is 1.94. The van der Waals surface area contributed by atoms with Crippen LogP contribution in [0.4, 0.5) is 5.82 Å². The highest BCUT2D eigenvalue weighted by atomic mass is 15.0. The summed E-state index contributed by atoms with van der Waals surface area (Å²) in [4.78, 5) is 4.21. The Morgan fingerprint density at radius 2 is 2.43 bits per heavy atom. The van der Waals surface area contributed by atoms with Gasteiger partial charge in [-0.15, -0.1) is 0 Å². The Morgan fingerprint density at radius 3 is 3.14 bits per heavy atom. The van der Waals surface area contributed by atoms with Gasteiger partial charge in [-0.1, -0.05) is 6.42 Å². The maximum absolute atomic E-state index is 4.21.